The van der Waals surface area contributed by atoms with Crippen molar-refractivity contribution in [3.63, 3.8) is 0 Å². The van der Waals surface area contributed by atoms with Gasteiger partial charge in [-0.15, -0.1) is 0 Å². The van der Waals surface area contributed by atoms with E-state index in [1.807, 2.05) is 24.9 Å². The predicted octanol–water partition coefficient (Wildman–Crippen LogP) is 1.49. The summed E-state index contributed by atoms with van der Waals surface area (Å²) in [5.74, 6) is 0. The first-order valence-electron chi connectivity index (χ1n) is 5.56. The quantitative estimate of drug-likeness (QED) is 0.783. The number of hydrogen-bond acceptors (Lipinski definition) is 2. The van der Waals surface area contributed by atoms with Gasteiger partial charge in [0.25, 0.3) is 0 Å². The zero-order valence-corrected chi connectivity index (χ0v) is 11.2. The van der Waals surface area contributed by atoms with E-state index in [0.29, 0.717) is 11.2 Å². The van der Waals surface area contributed by atoms with Crippen LogP contribution in [0.4, 0.5) is 0 Å². The predicted molar refractivity (Wildman–Crippen MR) is 70.3 cm³/mol. The Balaban J connectivity index is 2.40. The number of rotatable bonds is 4. The van der Waals surface area contributed by atoms with Gasteiger partial charge in [-0.3, -0.25) is 4.68 Å². The third kappa shape index (κ3) is 3.81. The van der Waals surface area contributed by atoms with Gasteiger partial charge in [-0.05, 0) is 32.5 Å². The Bertz CT molecular complexity index is 359. The Hall–Kier alpha value is -1.10. The molecule has 1 heterocycles. The first-order chi connectivity index (χ1) is 7.52. The molecule has 0 fully saturated rings. The SMILES string of the molecule is CCC(C)NC(=S)NCc1cn(C)nc1C. The Morgan fingerprint density at radius 2 is 2.31 bits per heavy atom. The van der Waals surface area contributed by atoms with Gasteiger partial charge in [0.15, 0.2) is 5.11 Å². The summed E-state index contributed by atoms with van der Waals surface area (Å²) in [5, 5.41) is 11.4. The van der Waals surface area contributed by atoms with E-state index in [2.05, 4.69) is 29.6 Å². The second-order valence-corrected chi connectivity index (χ2v) is 4.46. The lowest BCUT2D eigenvalue weighted by Gasteiger charge is -2.14. The van der Waals surface area contributed by atoms with Crippen LogP contribution in [0.25, 0.3) is 0 Å². The number of thiocarbonyl (C=S) groups is 1. The molecule has 0 amide bonds. The van der Waals surface area contributed by atoms with Crippen LogP contribution in [0.3, 0.4) is 0 Å². The van der Waals surface area contributed by atoms with E-state index < -0.39 is 0 Å². The lowest BCUT2D eigenvalue weighted by Crippen LogP contribution is -2.39. The molecule has 0 bridgehead atoms. The molecular weight excluding hydrogens is 220 g/mol. The number of aromatic nitrogens is 2. The summed E-state index contributed by atoms with van der Waals surface area (Å²) in [6.45, 7) is 6.97. The van der Waals surface area contributed by atoms with Crippen LogP contribution in [0.1, 0.15) is 31.5 Å². The minimum atomic E-state index is 0.412. The fourth-order valence-corrected chi connectivity index (χ4v) is 1.65. The van der Waals surface area contributed by atoms with E-state index in [0.717, 1.165) is 18.7 Å². The van der Waals surface area contributed by atoms with Crippen LogP contribution >= 0.6 is 12.2 Å². The average Bonchev–Trinajstić information content (AvgIpc) is 2.54. The van der Waals surface area contributed by atoms with Crippen molar-refractivity contribution in [2.45, 2.75) is 39.8 Å². The molecule has 0 spiro atoms. The highest BCUT2D eigenvalue weighted by molar-refractivity contribution is 7.80. The molecule has 0 aliphatic heterocycles. The summed E-state index contributed by atoms with van der Waals surface area (Å²) in [7, 11) is 1.92. The van der Waals surface area contributed by atoms with Crippen molar-refractivity contribution in [3.8, 4) is 0 Å². The van der Waals surface area contributed by atoms with Gasteiger partial charge in [0.05, 0.1) is 5.69 Å². The molecule has 0 aromatic carbocycles. The van der Waals surface area contributed by atoms with Crippen LogP contribution < -0.4 is 10.6 Å². The molecule has 5 heteroatoms. The Morgan fingerprint density at radius 3 is 2.81 bits per heavy atom. The van der Waals surface area contributed by atoms with Crippen molar-refractivity contribution in [1.82, 2.24) is 20.4 Å². The molecule has 0 aliphatic carbocycles. The largest absolute Gasteiger partial charge is 0.360 e. The summed E-state index contributed by atoms with van der Waals surface area (Å²) in [4.78, 5) is 0. The van der Waals surface area contributed by atoms with Crippen LogP contribution in [-0.4, -0.2) is 20.9 Å². The third-order valence-corrected chi connectivity index (χ3v) is 2.81. The molecule has 0 saturated carbocycles. The number of nitrogens with one attached hydrogen (secondary N) is 2. The van der Waals surface area contributed by atoms with Crippen molar-refractivity contribution < 1.29 is 0 Å². The Labute approximate surface area is 102 Å². The van der Waals surface area contributed by atoms with Gasteiger partial charge in [-0.1, -0.05) is 6.92 Å². The average molecular weight is 240 g/mol. The zero-order valence-electron chi connectivity index (χ0n) is 10.4. The highest BCUT2D eigenvalue weighted by atomic mass is 32.1. The molecule has 1 unspecified atom stereocenters. The first kappa shape index (κ1) is 13.0. The van der Waals surface area contributed by atoms with Gasteiger partial charge < -0.3 is 10.6 Å². The van der Waals surface area contributed by atoms with Gasteiger partial charge in [0, 0.05) is 31.4 Å². The van der Waals surface area contributed by atoms with Crippen LogP contribution in [0.15, 0.2) is 6.20 Å². The molecule has 1 rings (SSSR count). The minimum absolute atomic E-state index is 0.412. The summed E-state index contributed by atoms with van der Waals surface area (Å²) >= 11 is 5.20. The van der Waals surface area contributed by atoms with Crippen molar-refractivity contribution in [1.29, 1.82) is 0 Å². The number of nitrogens with zero attached hydrogens (tertiary/aromatic N) is 2. The summed E-state index contributed by atoms with van der Waals surface area (Å²) < 4.78 is 1.82. The molecule has 0 saturated heterocycles. The monoisotopic (exact) mass is 240 g/mol. The van der Waals surface area contributed by atoms with Gasteiger partial charge in [-0.2, -0.15) is 5.10 Å². The van der Waals surface area contributed by atoms with Crippen LogP contribution in [0.5, 0.6) is 0 Å². The molecule has 4 nitrogen and oxygen atoms in total. The molecule has 1 atom stereocenters. The van der Waals surface area contributed by atoms with E-state index in [4.69, 9.17) is 12.2 Å². The van der Waals surface area contributed by atoms with Crippen LogP contribution in [0, 0.1) is 6.92 Å². The molecule has 0 radical (unpaired) electrons. The van der Waals surface area contributed by atoms with Gasteiger partial charge in [-0.25, -0.2) is 0 Å². The molecule has 2 N–H and O–H groups in total. The van der Waals surface area contributed by atoms with Crippen LogP contribution in [0.2, 0.25) is 0 Å². The van der Waals surface area contributed by atoms with E-state index in [9.17, 15) is 0 Å². The third-order valence-electron chi connectivity index (χ3n) is 2.54. The maximum Gasteiger partial charge on any atom is 0.166 e. The van der Waals surface area contributed by atoms with E-state index in [1.165, 1.54) is 5.56 Å². The molecule has 0 aliphatic rings. The number of hydrogen-bond donors (Lipinski definition) is 2. The summed E-state index contributed by atoms with van der Waals surface area (Å²) in [5.41, 5.74) is 2.22. The summed E-state index contributed by atoms with van der Waals surface area (Å²) in [6, 6.07) is 0.412. The first-order valence-corrected chi connectivity index (χ1v) is 5.97. The maximum absolute atomic E-state index is 5.20. The minimum Gasteiger partial charge on any atom is -0.360 e. The van der Waals surface area contributed by atoms with Crippen molar-refractivity contribution in [2.24, 2.45) is 7.05 Å². The molecular formula is C11H20N4S. The highest BCUT2D eigenvalue weighted by Crippen LogP contribution is 2.03. The van der Waals surface area contributed by atoms with Gasteiger partial charge in [0.2, 0.25) is 0 Å². The zero-order chi connectivity index (χ0) is 12.1. The standard InChI is InChI=1S/C11H20N4S/c1-5-8(2)13-11(16)12-6-10-7-15(4)14-9(10)3/h7-8H,5-6H2,1-4H3,(H2,12,13,16). The van der Waals surface area contributed by atoms with Crippen molar-refractivity contribution in [2.75, 3.05) is 0 Å². The summed E-state index contributed by atoms with van der Waals surface area (Å²) in [6.07, 6.45) is 3.07. The fourth-order valence-electron chi connectivity index (χ4n) is 1.37. The van der Waals surface area contributed by atoms with E-state index in [1.54, 1.807) is 0 Å². The lowest BCUT2D eigenvalue weighted by atomic mass is 10.2. The lowest BCUT2D eigenvalue weighted by molar-refractivity contribution is 0.632. The van der Waals surface area contributed by atoms with E-state index in [-0.39, 0.29) is 0 Å². The topological polar surface area (TPSA) is 41.9 Å². The van der Waals surface area contributed by atoms with Crippen molar-refractivity contribution >= 4 is 17.3 Å². The van der Waals surface area contributed by atoms with Crippen molar-refractivity contribution in [3.05, 3.63) is 17.5 Å². The molecule has 1 aromatic heterocycles. The maximum atomic E-state index is 5.20. The molecule has 16 heavy (non-hydrogen) atoms. The molecule has 1 aromatic rings. The molecule has 90 valence electrons. The Morgan fingerprint density at radius 1 is 1.62 bits per heavy atom. The van der Waals surface area contributed by atoms with Crippen LogP contribution in [-0.2, 0) is 13.6 Å². The second kappa shape index (κ2) is 5.84. The number of aryl methyl sites for hydroxylation is 2. The Kier molecular flexibility index (Phi) is 4.73. The second-order valence-electron chi connectivity index (χ2n) is 4.05. The normalized spacial score (nSPS) is 12.2. The van der Waals surface area contributed by atoms with E-state index >= 15 is 0 Å². The fraction of sp³-hybridized carbons (Fsp3) is 0.636. The van der Waals surface area contributed by atoms with Gasteiger partial charge in [0.1, 0.15) is 0 Å². The highest BCUT2D eigenvalue weighted by Gasteiger charge is 2.04. The smallest absolute Gasteiger partial charge is 0.166 e. The van der Waals surface area contributed by atoms with Gasteiger partial charge >= 0.3 is 0 Å².